The van der Waals surface area contributed by atoms with Gasteiger partial charge in [0.2, 0.25) is 0 Å². The maximum absolute atomic E-state index is 12.9. The minimum atomic E-state index is -4.47. The van der Waals surface area contributed by atoms with Crippen LogP contribution in [-0.4, -0.2) is 24.1 Å². The van der Waals surface area contributed by atoms with Crippen molar-refractivity contribution in [3.8, 4) is 17.0 Å². The summed E-state index contributed by atoms with van der Waals surface area (Å²) < 4.78 is 48.8. The highest BCUT2D eigenvalue weighted by Gasteiger charge is 2.32. The van der Waals surface area contributed by atoms with Gasteiger partial charge in [-0.25, -0.2) is 0 Å². The molecular weight excluding hydrogens is 321 g/mol. The molecule has 0 N–H and O–H groups in total. The molecule has 0 aliphatic heterocycles. The lowest BCUT2D eigenvalue weighted by atomic mass is 10.0. The molecule has 2 rings (SSSR count). The second kappa shape index (κ2) is 6.50. The van der Waals surface area contributed by atoms with E-state index in [1.807, 2.05) is 0 Å². The fourth-order valence-electron chi connectivity index (χ4n) is 1.93. The molecule has 4 nitrogen and oxygen atoms in total. The van der Waals surface area contributed by atoms with Crippen molar-refractivity contribution in [2.45, 2.75) is 13.1 Å². The SMILES string of the molecule is COCOc1cc(C(F)(F)F)cc(C)c1-c1ccc(Cl)nn1. The van der Waals surface area contributed by atoms with Crippen LogP contribution < -0.4 is 4.74 Å². The van der Waals surface area contributed by atoms with Crippen molar-refractivity contribution in [1.29, 1.82) is 0 Å². The summed E-state index contributed by atoms with van der Waals surface area (Å²) in [7, 11) is 1.38. The molecule has 8 heteroatoms. The Hall–Kier alpha value is -1.86. The highest BCUT2D eigenvalue weighted by atomic mass is 35.5. The number of aromatic nitrogens is 2. The lowest BCUT2D eigenvalue weighted by Crippen LogP contribution is -2.09. The van der Waals surface area contributed by atoms with Gasteiger partial charge in [-0.15, -0.1) is 10.2 Å². The Morgan fingerprint density at radius 3 is 2.45 bits per heavy atom. The fraction of sp³-hybridized carbons (Fsp3) is 0.286. The van der Waals surface area contributed by atoms with Crippen molar-refractivity contribution < 1.29 is 22.6 Å². The molecule has 0 radical (unpaired) electrons. The van der Waals surface area contributed by atoms with E-state index in [0.29, 0.717) is 16.8 Å². The van der Waals surface area contributed by atoms with Crippen LogP contribution in [0.2, 0.25) is 5.15 Å². The van der Waals surface area contributed by atoms with E-state index in [1.54, 1.807) is 13.0 Å². The number of hydrogen-bond acceptors (Lipinski definition) is 4. The topological polar surface area (TPSA) is 44.2 Å². The van der Waals surface area contributed by atoms with E-state index >= 15 is 0 Å². The molecule has 0 spiro atoms. The molecule has 0 aliphatic rings. The summed E-state index contributed by atoms with van der Waals surface area (Å²) in [6, 6.07) is 5.01. The molecule has 0 saturated heterocycles. The number of methoxy groups -OCH3 is 1. The second-order valence-corrected chi connectivity index (χ2v) is 4.84. The first-order valence-corrected chi connectivity index (χ1v) is 6.54. The molecule has 1 aromatic carbocycles. The zero-order chi connectivity index (χ0) is 16.3. The molecule has 0 fully saturated rings. The van der Waals surface area contributed by atoms with Gasteiger partial charge < -0.3 is 9.47 Å². The van der Waals surface area contributed by atoms with Gasteiger partial charge in [-0.1, -0.05) is 11.6 Å². The molecule has 0 amide bonds. The highest BCUT2D eigenvalue weighted by Crippen LogP contribution is 2.39. The number of halogens is 4. The number of ether oxygens (including phenoxy) is 2. The summed E-state index contributed by atoms with van der Waals surface area (Å²) in [5.74, 6) is 0.0193. The van der Waals surface area contributed by atoms with E-state index < -0.39 is 11.7 Å². The third-order valence-corrected chi connectivity index (χ3v) is 3.05. The highest BCUT2D eigenvalue weighted by molar-refractivity contribution is 6.29. The summed E-state index contributed by atoms with van der Waals surface area (Å²) in [5.41, 5.74) is 0.329. The number of alkyl halides is 3. The first-order chi connectivity index (χ1) is 10.3. The van der Waals surface area contributed by atoms with Gasteiger partial charge in [0, 0.05) is 12.7 Å². The molecule has 0 aliphatic carbocycles. The number of rotatable bonds is 4. The van der Waals surface area contributed by atoms with Crippen molar-refractivity contribution >= 4 is 11.6 Å². The third-order valence-electron chi connectivity index (χ3n) is 2.85. The first kappa shape index (κ1) is 16.5. The van der Waals surface area contributed by atoms with Crippen molar-refractivity contribution in [2.24, 2.45) is 0 Å². The monoisotopic (exact) mass is 332 g/mol. The second-order valence-electron chi connectivity index (χ2n) is 4.46. The summed E-state index contributed by atoms with van der Waals surface area (Å²) in [6.45, 7) is 1.36. The molecule has 118 valence electrons. The van der Waals surface area contributed by atoms with Gasteiger partial charge in [0.05, 0.1) is 11.3 Å². The Balaban J connectivity index is 2.58. The Kier molecular flexibility index (Phi) is 4.87. The molecule has 0 saturated carbocycles. The van der Waals surface area contributed by atoms with Gasteiger partial charge in [-0.05, 0) is 36.8 Å². The fourth-order valence-corrected chi connectivity index (χ4v) is 2.03. The number of hydrogen-bond donors (Lipinski definition) is 0. The summed E-state index contributed by atoms with van der Waals surface area (Å²) in [4.78, 5) is 0. The number of aryl methyl sites for hydroxylation is 1. The van der Waals surface area contributed by atoms with Crippen LogP contribution in [0.1, 0.15) is 11.1 Å². The third kappa shape index (κ3) is 3.66. The molecule has 0 atom stereocenters. The quantitative estimate of drug-likeness (QED) is 0.790. The number of benzene rings is 1. The van der Waals surface area contributed by atoms with Crippen LogP contribution >= 0.6 is 11.6 Å². The molecule has 22 heavy (non-hydrogen) atoms. The van der Waals surface area contributed by atoms with E-state index in [-0.39, 0.29) is 17.7 Å². The van der Waals surface area contributed by atoms with Crippen molar-refractivity contribution in [3.05, 3.63) is 40.5 Å². The van der Waals surface area contributed by atoms with Crippen LogP contribution in [0.3, 0.4) is 0 Å². The maximum Gasteiger partial charge on any atom is 0.416 e. The van der Waals surface area contributed by atoms with Crippen LogP contribution in [-0.2, 0) is 10.9 Å². The van der Waals surface area contributed by atoms with E-state index in [0.717, 1.165) is 12.1 Å². The normalized spacial score (nSPS) is 11.5. The first-order valence-electron chi connectivity index (χ1n) is 6.16. The minimum Gasteiger partial charge on any atom is -0.467 e. The van der Waals surface area contributed by atoms with Crippen LogP contribution in [0.25, 0.3) is 11.3 Å². The van der Waals surface area contributed by atoms with Crippen molar-refractivity contribution in [3.63, 3.8) is 0 Å². The largest absolute Gasteiger partial charge is 0.467 e. The lowest BCUT2D eigenvalue weighted by Gasteiger charge is -2.16. The summed E-state index contributed by atoms with van der Waals surface area (Å²) in [6.07, 6.45) is -4.47. The van der Waals surface area contributed by atoms with Crippen LogP contribution in [0.4, 0.5) is 13.2 Å². The van der Waals surface area contributed by atoms with E-state index in [9.17, 15) is 13.2 Å². The Bertz CT molecular complexity index is 660. The average molecular weight is 333 g/mol. The van der Waals surface area contributed by atoms with E-state index in [2.05, 4.69) is 10.2 Å². The average Bonchev–Trinajstić information content (AvgIpc) is 2.45. The molecule has 2 aromatic rings. The Morgan fingerprint density at radius 2 is 1.91 bits per heavy atom. The zero-order valence-corrected chi connectivity index (χ0v) is 12.5. The van der Waals surface area contributed by atoms with E-state index in [1.165, 1.54) is 13.2 Å². The Morgan fingerprint density at radius 1 is 1.18 bits per heavy atom. The lowest BCUT2D eigenvalue weighted by molar-refractivity contribution is -0.137. The van der Waals surface area contributed by atoms with Gasteiger partial charge >= 0.3 is 6.18 Å². The smallest absolute Gasteiger partial charge is 0.416 e. The van der Waals surface area contributed by atoms with Crippen LogP contribution in [0.15, 0.2) is 24.3 Å². The minimum absolute atomic E-state index is 0.0193. The van der Waals surface area contributed by atoms with Gasteiger partial charge in [0.15, 0.2) is 11.9 Å². The maximum atomic E-state index is 12.9. The van der Waals surface area contributed by atoms with Crippen molar-refractivity contribution in [1.82, 2.24) is 10.2 Å². The van der Waals surface area contributed by atoms with Gasteiger partial charge in [0.1, 0.15) is 5.75 Å². The predicted molar refractivity (Wildman–Crippen MR) is 74.7 cm³/mol. The predicted octanol–water partition coefficient (Wildman–Crippen LogP) is 4.11. The molecule has 0 bridgehead atoms. The zero-order valence-electron chi connectivity index (χ0n) is 11.7. The molecule has 0 unspecified atom stereocenters. The van der Waals surface area contributed by atoms with Crippen molar-refractivity contribution in [2.75, 3.05) is 13.9 Å². The molecular formula is C14H12ClF3N2O2. The van der Waals surface area contributed by atoms with Gasteiger partial charge in [-0.3, -0.25) is 0 Å². The van der Waals surface area contributed by atoms with E-state index in [4.69, 9.17) is 21.1 Å². The number of nitrogens with zero attached hydrogens (tertiary/aromatic N) is 2. The summed E-state index contributed by atoms with van der Waals surface area (Å²) >= 11 is 5.67. The Labute approximate surface area is 129 Å². The summed E-state index contributed by atoms with van der Waals surface area (Å²) in [5, 5.41) is 7.77. The standard InChI is InChI=1S/C14H12ClF3N2O2/c1-8-5-9(14(16,17)18)6-11(22-7-21-2)13(8)10-3-4-12(15)20-19-10/h3-6H,7H2,1-2H3. The molecule has 1 aromatic heterocycles. The van der Waals surface area contributed by atoms with Gasteiger partial charge in [0.25, 0.3) is 0 Å². The van der Waals surface area contributed by atoms with Crippen LogP contribution in [0.5, 0.6) is 5.75 Å². The molecule has 1 heterocycles. The van der Waals surface area contributed by atoms with Crippen LogP contribution in [0, 0.1) is 6.92 Å². The van der Waals surface area contributed by atoms with Gasteiger partial charge in [-0.2, -0.15) is 13.2 Å².